The number of nitrogens with zero attached hydrogens (tertiary/aromatic N) is 3. The fourth-order valence-electron chi connectivity index (χ4n) is 2.21. The lowest BCUT2D eigenvalue weighted by molar-refractivity contribution is -0.142. The first-order valence-electron chi connectivity index (χ1n) is 7.59. The molecule has 1 N–H and O–H groups in total. The molecule has 3 aromatic rings. The van der Waals surface area contributed by atoms with Crippen molar-refractivity contribution in [3.05, 3.63) is 34.8 Å². The van der Waals surface area contributed by atoms with Gasteiger partial charge in [0.05, 0.1) is 23.6 Å². The molecule has 3 aromatic heterocycles. The molecular weight excluding hydrogens is 396 g/mol. The summed E-state index contributed by atoms with van der Waals surface area (Å²) in [6.45, 7) is 2.01. The third-order valence-electron chi connectivity index (χ3n) is 3.24. The molecule has 8 nitrogen and oxygen atoms in total. The lowest BCUT2D eigenvalue weighted by atomic mass is 10.3. The number of anilines is 1. The monoisotopic (exact) mass is 412 g/mol. The van der Waals surface area contributed by atoms with Gasteiger partial charge in [0.25, 0.3) is 10.0 Å². The van der Waals surface area contributed by atoms with Crippen molar-refractivity contribution in [3.8, 4) is 10.6 Å². The molecule has 0 aliphatic heterocycles. The van der Waals surface area contributed by atoms with Crippen LogP contribution in [0.3, 0.4) is 0 Å². The van der Waals surface area contributed by atoms with E-state index in [0.29, 0.717) is 11.4 Å². The first kappa shape index (κ1) is 18.5. The normalized spacial score (nSPS) is 11.5. The average molecular weight is 413 g/mol. The first-order chi connectivity index (χ1) is 12.4. The Labute approximate surface area is 158 Å². The summed E-state index contributed by atoms with van der Waals surface area (Å²) in [5.41, 5.74) is 0.842. The van der Waals surface area contributed by atoms with E-state index in [1.807, 2.05) is 17.5 Å². The van der Waals surface area contributed by atoms with E-state index in [1.54, 1.807) is 19.4 Å². The van der Waals surface area contributed by atoms with Crippen LogP contribution in [0.1, 0.15) is 12.6 Å². The highest BCUT2D eigenvalue weighted by molar-refractivity contribution is 7.93. The van der Waals surface area contributed by atoms with Crippen molar-refractivity contribution in [2.24, 2.45) is 7.05 Å². The largest absolute Gasteiger partial charge is 0.466 e. The van der Waals surface area contributed by atoms with Crippen LogP contribution >= 0.6 is 22.7 Å². The Hall–Kier alpha value is -2.24. The van der Waals surface area contributed by atoms with Crippen molar-refractivity contribution < 1.29 is 17.9 Å². The zero-order chi connectivity index (χ0) is 18.7. The van der Waals surface area contributed by atoms with Crippen molar-refractivity contribution in [2.45, 2.75) is 18.2 Å². The number of sulfonamides is 1. The first-order valence-corrected chi connectivity index (χ1v) is 10.8. The van der Waals surface area contributed by atoms with Crippen LogP contribution in [0.25, 0.3) is 10.6 Å². The number of ether oxygens (including phenoxy) is 1. The van der Waals surface area contributed by atoms with E-state index in [-0.39, 0.29) is 23.1 Å². The fourth-order valence-corrected chi connectivity index (χ4v) is 5.16. The van der Waals surface area contributed by atoms with E-state index in [4.69, 9.17) is 4.74 Å². The van der Waals surface area contributed by atoms with Gasteiger partial charge in [-0.3, -0.25) is 14.2 Å². The topological polar surface area (TPSA) is 103 Å². The van der Waals surface area contributed by atoms with Gasteiger partial charge in [0.15, 0.2) is 5.13 Å². The van der Waals surface area contributed by atoms with Crippen LogP contribution in [0.15, 0.2) is 34.0 Å². The second kappa shape index (κ2) is 7.56. The van der Waals surface area contributed by atoms with Gasteiger partial charge >= 0.3 is 5.97 Å². The van der Waals surface area contributed by atoms with E-state index >= 15 is 0 Å². The summed E-state index contributed by atoms with van der Waals surface area (Å²) >= 11 is 2.52. The van der Waals surface area contributed by atoms with Crippen molar-refractivity contribution >= 4 is 43.8 Å². The van der Waals surface area contributed by atoms with Crippen molar-refractivity contribution in [3.63, 3.8) is 0 Å². The molecule has 0 aromatic carbocycles. The molecule has 3 heterocycles. The maximum Gasteiger partial charge on any atom is 0.311 e. The van der Waals surface area contributed by atoms with E-state index < -0.39 is 16.0 Å². The van der Waals surface area contributed by atoms with Crippen molar-refractivity contribution in [2.75, 3.05) is 11.3 Å². The molecule has 0 aliphatic rings. The van der Waals surface area contributed by atoms with E-state index in [0.717, 1.165) is 16.2 Å². The number of thiophene rings is 1. The Kier molecular flexibility index (Phi) is 5.39. The number of hydrogen-bond donors (Lipinski definition) is 1. The average Bonchev–Trinajstić information content (AvgIpc) is 3.28. The minimum atomic E-state index is -3.87. The Morgan fingerprint density at radius 2 is 2.19 bits per heavy atom. The summed E-state index contributed by atoms with van der Waals surface area (Å²) in [7, 11) is -2.21. The summed E-state index contributed by atoms with van der Waals surface area (Å²) in [6.07, 6.45) is 1.45. The summed E-state index contributed by atoms with van der Waals surface area (Å²) in [4.78, 5) is 16.5. The van der Waals surface area contributed by atoms with Crippen LogP contribution in [-0.4, -0.2) is 35.8 Å². The molecule has 0 atom stereocenters. The Balaban J connectivity index is 1.82. The number of aryl methyl sites for hydroxylation is 1. The molecule has 0 bridgehead atoms. The summed E-state index contributed by atoms with van der Waals surface area (Å²) in [6, 6.07) is 3.65. The van der Waals surface area contributed by atoms with E-state index in [2.05, 4.69) is 14.8 Å². The Morgan fingerprint density at radius 1 is 1.38 bits per heavy atom. The predicted molar refractivity (Wildman–Crippen MR) is 99.8 cm³/mol. The number of carbonyl (C=O) groups excluding carboxylic acids is 1. The van der Waals surface area contributed by atoms with Gasteiger partial charge < -0.3 is 4.74 Å². The quantitative estimate of drug-likeness (QED) is 0.598. The molecule has 0 unspecified atom stereocenters. The van der Waals surface area contributed by atoms with Gasteiger partial charge in [-0.15, -0.1) is 22.7 Å². The van der Waals surface area contributed by atoms with Gasteiger partial charge in [0.1, 0.15) is 10.6 Å². The second-order valence-corrected chi connectivity index (χ2v) is 8.68. The SMILES string of the molecule is CCOC(=O)Cc1csc(NS(=O)(=O)c2cn(C)nc2-c2cccs2)n1. The van der Waals surface area contributed by atoms with Crippen molar-refractivity contribution in [1.82, 2.24) is 14.8 Å². The second-order valence-electron chi connectivity index (χ2n) is 5.22. The van der Waals surface area contributed by atoms with Crippen LogP contribution in [0.4, 0.5) is 5.13 Å². The standard InChI is InChI=1S/C15H16N4O4S3/c1-3-23-13(20)7-10-9-25-15(16-10)18-26(21,22)12-8-19(2)17-14(12)11-5-4-6-24-11/h4-6,8-9H,3,7H2,1-2H3,(H,16,18). The van der Waals surface area contributed by atoms with Gasteiger partial charge in [-0.05, 0) is 18.4 Å². The molecule has 0 aliphatic carbocycles. The van der Waals surface area contributed by atoms with E-state index in [1.165, 1.54) is 22.2 Å². The van der Waals surface area contributed by atoms with Crippen LogP contribution in [0, 0.1) is 0 Å². The number of rotatable bonds is 7. The number of nitrogens with one attached hydrogen (secondary N) is 1. The lowest BCUT2D eigenvalue weighted by Gasteiger charge is -2.04. The molecule has 3 rings (SSSR count). The highest BCUT2D eigenvalue weighted by Gasteiger charge is 2.25. The van der Waals surface area contributed by atoms with Gasteiger partial charge in [-0.25, -0.2) is 13.4 Å². The van der Waals surface area contributed by atoms with E-state index in [9.17, 15) is 13.2 Å². The molecule has 0 radical (unpaired) electrons. The molecule has 138 valence electrons. The summed E-state index contributed by atoms with van der Waals surface area (Å²) in [5.74, 6) is -0.403. The number of esters is 1. The highest BCUT2D eigenvalue weighted by Crippen LogP contribution is 2.31. The molecule has 0 saturated carbocycles. The smallest absolute Gasteiger partial charge is 0.311 e. The Morgan fingerprint density at radius 3 is 2.88 bits per heavy atom. The van der Waals surface area contributed by atoms with Crippen LogP contribution in [0.5, 0.6) is 0 Å². The molecule has 0 spiro atoms. The number of aromatic nitrogens is 3. The predicted octanol–water partition coefficient (Wildman–Crippen LogP) is 2.51. The third kappa shape index (κ3) is 4.11. The number of hydrogen-bond acceptors (Lipinski definition) is 8. The maximum atomic E-state index is 12.8. The fraction of sp³-hybridized carbons (Fsp3) is 0.267. The van der Waals surface area contributed by atoms with Gasteiger partial charge in [0, 0.05) is 18.6 Å². The minimum absolute atomic E-state index is 0.000590. The van der Waals surface area contributed by atoms with Gasteiger partial charge in [-0.2, -0.15) is 5.10 Å². The lowest BCUT2D eigenvalue weighted by Crippen LogP contribution is -2.13. The maximum absolute atomic E-state index is 12.8. The highest BCUT2D eigenvalue weighted by atomic mass is 32.2. The van der Waals surface area contributed by atoms with Crippen LogP contribution < -0.4 is 4.72 Å². The number of thiazole rings is 1. The summed E-state index contributed by atoms with van der Waals surface area (Å²) < 4.78 is 34.3. The van der Waals surface area contributed by atoms with Crippen molar-refractivity contribution in [1.29, 1.82) is 0 Å². The molecule has 11 heteroatoms. The molecule has 0 saturated heterocycles. The van der Waals surface area contributed by atoms with Gasteiger partial charge in [0.2, 0.25) is 0 Å². The summed E-state index contributed by atoms with van der Waals surface area (Å²) in [5, 5.41) is 7.92. The minimum Gasteiger partial charge on any atom is -0.466 e. The third-order valence-corrected chi connectivity index (χ3v) is 6.40. The molecule has 26 heavy (non-hydrogen) atoms. The van der Waals surface area contributed by atoms with Crippen LogP contribution in [-0.2, 0) is 33.0 Å². The van der Waals surface area contributed by atoms with Gasteiger partial charge in [-0.1, -0.05) is 6.07 Å². The molecular formula is C15H16N4O4S3. The van der Waals surface area contributed by atoms with Crippen LogP contribution in [0.2, 0.25) is 0 Å². The zero-order valence-electron chi connectivity index (χ0n) is 14.0. The molecule has 0 amide bonds. The number of carbonyl (C=O) groups is 1. The zero-order valence-corrected chi connectivity index (χ0v) is 16.4. The Bertz CT molecular complexity index is 1010. The molecule has 0 fully saturated rings.